The van der Waals surface area contributed by atoms with E-state index >= 15 is 0 Å². The molecule has 2 heteroatoms. The van der Waals surface area contributed by atoms with Crippen molar-refractivity contribution in [3.8, 4) is 0 Å². The molecule has 0 saturated heterocycles. The quantitative estimate of drug-likeness (QED) is 0.562. The van der Waals surface area contributed by atoms with Gasteiger partial charge in [-0.1, -0.05) is 43.5 Å². The molecule has 15 heavy (non-hydrogen) atoms. The molecule has 80 valence electrons. The minimum Gasteiger partial charge on any atom is -0.384 e. The molecular weight excluding hydrogens is 184 g/mol. The van der Waals surface area contributed by atoms with E-state index in [1.165, 1.54) is 37.7 Å². The first kappa shape index (κ1) is 10.2. The normalized spacial score (nSPS) is 17.6. The third kappa shape index (κ3) is 2.20. The van der Waals surface area contributed by atoms with Crippen molar-refractivity contribution in [2.24, 2.45) is 5.73 Å². The minimum absolute atomic E-state index is 0.205. The number of amidine groups is 1. The van der Waals surface area contributed by atoms with E-state index in [9.17, 15) is 0 Å². The summed E-state index contributed by atoms with van der Waals surface area (Å²) < 4.78 is 0. The summed E-state index contributed by atoms with van der Waals surface area (Å²) in [7, 11) is 0. The first-order valence-electron chi connectivity index (χ1n) is 5.72. The van der Waals surface area contributed by atoms with Crippen LogP contribution in [0.15, 0.2) is 24.3 Å². The Balaban J connectivity index is 2.29. The number of hydrogen-bond acceptors (Lipinski definition) is 1. The summed E-state index contributed by atoms with van der Waals surface area (Å²) >= 11 is 0. The van der Waals surface area contributed by atoms with Crippen molar-refractivity contribution >= 4 is 5.84 Å². The van der Waals surface area contributed by atoms with Crippen molar-refractivity contribution in [1.82, 2.24) is 0 Å². The van der Waals surface area contributed by atoms with Gasteiger partial charge in [-0.15, -0.1) is 0 Å². The van der Waals surface area contributed by atoms with Gasteiger partial charge >= 0.3 is 0 Å². The molecule has 1 aliphatic carbocycles. The molecule has 0 radical (unpaired) electrons. The maximum Gasteiger partial charge on any atom is 0.123 e. The van der Waals surface area contributed by atoms with Gasteiger partial charge in [-0.25, -0.2) is 0 Å². The summed E-state index contributed by atoms with van der Waals surface area (Å²) in [4.78, 5) is 0. The average molecular weight is 202 g/mol. The summed E-state index contributed by atoms with van der Waals surface area (Å²) in [6, 6.07) is 8.11. The molecule has 0 aliphatic heterocycles. The number of nitrogen functional groups attached to an aromatic ring is 1. The van der Waals surface area contributed by atoms with Crippen molar-refractivity contribution in [2.75, 3.05) is 0 Å². The average Bonchev–Trinajstić information content (AvgIpc) is 2.30. The van der Waals surface area contributed by atoms with Crippen LogP contribution in [0.3, 0.4) is 0 Å². The second kappa shape index (κ2) is 4.47. The van der Waals surface area contributed by atoms with E-state index in [-0.39, 0.29) is 5.84 Å². The maximum absolute atomic E-state index is 7.57. The highest BCUT2D eigenvalue weighted by Crippen LogP contribution is 2.34. The van der Waals surface area contributed by atoms with E-state index in [4.69, 9.17) is 11.1 Å². The molecule has 1 saturated carbocycles. The summed E-state index contributed by atoms with van der Waals surface area (Å²) in [5.41, 5.74) is 7.82. The van der Waals surface area contributed by atoms with Crippen LogP contribution in [0, 0.1) is 5.41 Å². The highest BCUT2D eigenvalue weighted by molar-refractivity contribution is 5.96. The van der Waals surface area contributed by atoms with E-state index < -0.39 is 0 Å². The highest BCUT2D eigenvalue weighted by Gasteiger charge is 2.18. The predicted octanol–water partition coefficient (Wildman–Crippen LogP) is 3.02. The highest BCUT2D eigenvalue weighted by atomic mass is 14.7. The number of benzene rings is 1. The Kier molecular flexibility index (Phi) is 3.05. The van der Waals surface area contributed by atoms with Gasteiger partial charge in [0, 0.05) is 5.56 Å². The lowest BCUT2D eigenvalue weighted by molar-refractivity contribution is 0.443. The standard InChI is InChI=1S/C13H18N2/c14-13(15)12-9-5-4-8-11(12)10-6-2-1-3-7-10/h4-5,8-10H,1-3,6-7H2,(H3,14,15). The largest absolute Gasteiger partial charge is 0.384 e. The molecule has 0 atom stereocenters. The Labute approximate surface area is 91.0 Å². The smallest absolute Gasteiger partial charge is 0.123 e. The summed E-state index contributed by atoms with van der Waals surface area (Å²) in [5.74, 6) is 0.829. The van der Waals surface area contributed by atoms with Gasteiger partial charge in [-0.2, -0.15) is 0 Å². The first-order valence-corrected chi connectivity index (χ1v) is 5.72. The van der Waals surface area contributed by atoms with Gasteiger partial charge in [0.25, 0.3) is 0 Å². The van der Waals surface area contributed by atoms with Crippen LogP contribution in [0.5, 0.6) is 0 Å². The van der Waals surface area contributed by atoms with Crippen molar-refractivity contribution < 1.29 is 0 Å². The second-order valence-corrected chi connectivity index (χ2v) is 4.34. The fraction of sp³-hybridized carbons (Fsp3) is 0.462. The third-order valence-corrected chi connectivity index (χ3v) is 3.30. The lowest BCUT2D eigenvalue weighted by Crippen LogP contribution is -2.16. The zero-order valence-electron chi connectivity index (χ0n) is 9.00. The lowest BCUT2D eigenvalue weighted by Gasteiger charge is -2.23. The van der Waals surface area contributed by atoms with Crippen molar-refractivity contribution in [3.63, 3.8) is 0 Å². The van der Waals surface area contributed by atoms with Crippen LogP contribution in [-0.4, -0.2) is 5.84 Å². The van der Waals surface area contributed by atoms with Crippen LogP contribution in [0.4, 0.5) is 0 Å². The molecule has 1 fully saturated rings. The fourth-order valence-corrected chi connectivity index (χ4v) is 2.51. The molecule has 1 aromatic carbocycles. The Morgan fingerprint density at radius 1 is 1.13 bits per heavy atom. The van der Waals surface area contributed by atoms with E-state index in [0.29, 0.717) is 5.92 Å². The fourth-order valence-electron chi connectivity index (χ4n) is 2.51. The Morgan fingerprint density at radius 2 is 1.80 bits per heavy atom. The van der Waals surface area contributed by atoms with Gasteiger partial charge in [-0.05, 0) is 24.3 Å². The van der Waals surface area contributed by atoms with Crippen LogP contribution in [0.25, 0.3) is 0 Å². The monoisotopic (exact) mass is 202 g/mol. The van der Waals surface area contributed by atoms with E-state index in [1.807, 2.05) is 12.1 Å². The first-order chi connectivity index (χ1) is 7.29. The van der Waals surface area contributed by atoms with Crippen molar-refractivity contribution in [3.05, 3.63) is 35.4 Å². The zero-order valence-corrected chi connectivity index (χ0v) is 9.00. The number of nitrogens with one attached hydrogen (secondary N) is 1. The van der Waals surface area contributed by atoms with Gasteiger partial charge in [0.05, 0.1) is 0 Å². The zero-order chi connectivity index (χ0) is 10.7. The molecule has 0 unspecified atom stereocenters. The number of nitrogens with two attached hydrogens (primary N) is 1. The van der Waals surface area contributed by atoms with Crippen LogP contribution in [0.1, 0.15) is 49.1 Å². The Hall–Kier alpha value is -1.31. The van der Waals surface area contributed by atoms with E-state index in [0.717, 1.165) is 5.56 Å². The molecule has 0 bridgehead atoms. The van der Waals surface area contributed by atoms with Crippen molar-refractivity contribution in [2.45, 2.75) is 38.0 Å². The predicted molar refractivity (Wildman–Crippen MR) is 63.3 cm³/mol. The third-order valence-electron chi connectivity index (χ3n) is 3.30. The Morgan fingerprint density at radius 3 is 2.47 bits per heavy atom. The van der Waals surface area contributed by atoms with Gasteiger partial charge in [0.2, 0.25) is 0 Å². The summed E-state index contributed by atoms with van der Waals surface area (Å²) in [6.07, 6.45) is 6.50. The number of hydrogen-bond donors (Lipinski definition) is 2. The van der Waals surface area contributed by atoms with Crippen LogP contribution >= 0.6 is 0 Å². The minimum atomic E-state index is 0.205. The topological polar surface area (TPSA) is 49.9 Å². The summed E-state index contributed by atoms with van der Waals surface area (Å²) in [5, 5.41) is 7.57. The SMILES string of the molecule is N=C(N)c1ccccc1C1CCCCC1. The van der Waals surface area contributed by atoms with Crippen LogP contribution in [-0.2, 0) is 0 Å². The Bertz CT molecular complexity index is 351. The number of rotatable bonds is 2. The second-order valence-electron chi connectivity index (χ2n) is 4.34. The molecule has 0 spiro atoms. The van der Waals surface area contributed by atoms with Crippen LogP contribution < -0.4 is 5.73 Å². The van der Waals surface area contributed by atoms with Gasteiger partial charge in [-0.3, -0.25) is 5.41 Å². The molecule has 0 aromatic heterocycles. The van der Waals surface area contributed by atoms with Gasteiger partial charge in [0.15, 0.2) is 0 Å². The summed E-state index contributed by atoms with van der Waals surface area (Å²) in [6.45, 7) is 0. The lowest BCUT2D eigenvalue weighted by atomic mass is 9.82. The van der Waals surface area contributed by atoms with E-state index in [1.54, 1.807) is 0 Å². The molecule has 0 amide bonds. The molecule has 1 aliphatic rings. The van der Waals surface area contributed by atoms with Gasteiger partial charge < -0.3 is 5.73 Å². The maximum atomic E-state index is 7.57. The molecule has 1 aromatic rings. The van der Waals surface area contributed by atoms with Crippen LogP contribution in [0.2, 0.25) is 0 Å². The van der Waals surface area contributed by atoms with Gasteiger partial charge in [0.1, 0.15) is 5.84 Å². The van der Waals surface area contributed by atoms with E-state index in [2.05, 4.69) is 12.1 Å². The molecular formula is C13H18N2. The molecule has 3 N–H and O–H groups in total. The van der Waals surface area contributed by atoms with Crippen molar-refractivity contribution in [1.29, 1.82) is 5.41 Å². The molecule has 0 heterocycles. The molecule has 2 nitrogen and oxygen atoms in total. The molecule has 2 rings (SSSR count).